The molecule has 1 saturated heterocycles. The van der Waals surface area contributed by atoms with Crippen LogP contribution in [0.3, 0.4) is 0 Å². The van der Waals surface area contributed by atoms with Crippen molar-refractivity contribution in [1.82, 2.24) is 19.8 Å². The molecule has 3 aromatic carbocycles. The third-order valence-corrected chi connectivity index (χ3v) is 8.27. The van der Waals surface area contributed by atoms with Gasteiger partial charge in [-0.2, -0.15) is 0 Å². The van der Waals surface area contributed by atoms with Crippen molar-refractivity contribution in [3.63, 3.8) is 0 Å². The van der Waals surface area contributed by atoms with Crippen molar-refractivity contribution >= 4 is 40.5 Å². The Balaban J connectivity index is 1.28. The number of hydrogen-bond donors (Lipinski definition) is 1. The van der Waals surface area contributed by atoms with E-state index >= 15 is 0 Å². The number of anilines is 4. The number of benzene rings is 3. The van der Waals surface area contributed by atoms with E-state index in [2.05, 4.69) is 29.3 Å². The number of piperidine rings is 1. The van der Waals surface area contributed by atoms with Crippen LogP contribution in [0.25, 0.3) is 11.3 Å². The third-order valence-electron chi connectivity index (χ3n) is 8.03. The maximum atomic E-state index is 14.9. The van der Waals surface area contributed by atoms with Gasteiger partial charge in [-0.15, -0.1) is 0 Å². The fraction of sp³-hybridized carbons (Fsp3) is 0.281. The van der Waals surface area contributed by atoms with E-state index in [1.54, 1.807) is 23.2 Å². The van der Waals surface area contributed by atoms with Crippen molar-refractivity contribution in [2.45, 2.75) is 25.3 Å². The minimum Gasteiger partial charge on any atom is -0.339 e. The van der Waals surface area contributed by atoms with Crippen LogP contribution in [0.2, 0.25) is 5.02 Å². The number of carbonyl (C=O) groups excluding carboxylic acids is 1. The zero-order chi connectivity index (χ0) is 29.4. The highest BCUT2D eigenvalue weighted by Gasteiger charge is 2.27. The molecule has 1 fully saturated rings. The molecule has 0 saturated carbocycles. The zero-order valence-electron chi connectivity index (χ0n) is 23.4. The van der Waals surface area contributed by atoms with Crippen LogP contribution in [0.1, 0.15) is 28.8 Å². The summed E-state index contributed by atoms with van der Waals surface area (Å²) in [5, 5.41) is 3.68. The molecule has 6 rings (SSSR count). The molecule has 3 heterocycles. The lowest BCUT2D eigenvalue weighted by molar-refractivity contribution is 0.0663. The number of para-hydroxylation sites is 1. The third kappa shape index (κ3) is 5.54. The van der Waals surface area contributed by atoms with Gasteiger partial charge in [0, 0.05) is 53.7 Å². The van der Waals surface area contributed by atoms with Crippen LogP contribution in [0.15, 0.2) is 66.9 Å². The molecule has 2 aliphatic rings. The normalized spacial score (nSPS) is 15.3. The second-order valence-electron chi connectivity index (χ2n) is 10.9. The van der Waals surface area contributed by atoms with Crippen LogP contribution in [0.5, 0.6) is 0 Å². The summed E-state index contributed by atoms with van der Waals surface area (Å²) in [6.45, 7) is 1.76. The topological polar surface area (TPSA) is 64.6 Å². The Bertz CT molecular complexity index is 1620. The van der Waals surface area contributed by atoms with Gasteiger partial charge < -0.3 is 20.0 Å². The van der Waals surface area contributed by atoms with Gasteiger partial charge in [-0.05, 0) is 87.5 Å². The summed E-state index contributed by atoms with van der Waals surface area (Å²) in [5.41, 5.74) is 3.88. The van der Waals surface area contributed by atoms with Crippen LogP contribution in [0, 0.1) is 11.6 Å². The van der Waals surface area contributed by atoms with Gasteiger partial charge in [0.05, 0.1) is 11.4 Å². The molecule has 1 amide bonds. The monoisotopic (exact) mass is 588 g/mol. The zero-order valence-corrected chi connectivity index (χ0v) is 24.2. The summed E-state index contributed by atoms with van der Waals surface area (Å²) in [5.74, 6) is -0.963. The quantitative estimate of drug-likeness (QED) is 0.281. The minimum absolute atomic E-state index is 0.00461. The lowest BCUT2D eigenvalue weighted by Gasteiger charge is -2.35. The van der Waals surface area contributed by atoms with Gasteiger partial charge >= 0.3 is 0 Å². The number of likely N-dealkylation sites (tertiary alicyclic amines) is 1. The summed E-state index contributed by atoms with van der Waals surface area (Å²) >= 11 is 6.35. The first-order valence-corrected chi connectivity index (χ1v) is 14.4. The Morgan fingerprint density at radius 3 is 2.48 bits per heavy atom. The van der Waals surface area contributed by atoms with E-state index in [4.69, 9.17) is 16.6 Å². The lowest BCUT2D eigenvalue weighted by atomic mass is 10.0. The molecule has 0 aliphatic carbocycles. The second kappa shape index (κ2) is 11.7. The molecule has 7 nitrogen and oxygen atoms in total. The number of amides is 1. The van der Waals surface area contributed by atoms with Crippen molar-refractivity contribution in [2.24, 2.45) is 0 Å². The number of nitrogens with one attached hydrogen (secondary N) is 1. The summed E-state index contributed by atoms with van der Waals surface area (Å²) < 4.78 is 29.7. The van der Waals surface area contributed by atoms with Crippen molar-refractivity contribution in [2.75, 3.05) is 43.9 Å². The Hall–Kier alpha value is -4.08. The summed E-state index contributed by atoms with van der Waals surface area (Å²) in [7, 11) is 4.16. The second-order valence-corrected chi connectivity index (χ2v) is 11.3. The van der Waals surface area contributed by atoms with E-state index in [-0.39, 0.29) is 11.6 Å². The van der Waals surface area contributed by atoms with Crippen molar-refractivity contribution in [3.8, 4) is 11.3 Å². The summed E-state index contributed by atoms with van der Waals surface area (Å²) in [4.78, 5) is 28.3. The van der Waals surface area contributed by atoms with Crippen LogP contribution in [0.4, 0.5) is 31.8 Å². The van der Waals surface area contributed by atoms with E-state index in [1.165, 1.54) is 18.2 Å². The number of aromatic nitrogens is 2. The molecule has 1 N–H and O–H groups in total. The van der Waals surface area contributed by atoms with Crippen molar-refractivity contribution in [1.29, 1.82) is 0 Å². The van der Waals surface area contributed by atoms with Gasteiger partial charge in [0.2, 0.25) is 5.95 Å². The molecule has 42 heavy (non-hydrogen) atoms. The Labute approximate surface area is 248 Å². The molecule has 0 radical (unpaired) electrons. The molecule has 10 heteroatoms. The Kier molecular flexibility index (Phi) is 7.79. The van der Waals surface area contributed by atoms with E-state index in [0.29, 0.717) is 58.2 Å². The number of hydrogen-bond acceptors (Lipinski definition) is 6. The van der Waals surface area contributed by atoms with Gasteiger partial charge in [-0.1, -0.05) is 23.7 Å². The van der Waals surface area contributed by atoms with E-state index in [0.717, 1.165) is 31.5 Å². The van der Waals surface area contributed by atoms with Gasteiger partial charge in [0.25, 0.3) is 5.91 Å². The van der Waals surface area contributed by atoms with Crippen LogP contribution in [-0.2, 0) is 6.42 Å². The van der Waals surface area contributed by atoms with E-state index in [9.17, 15) is 13.6 Å². The Morgan fingerprint density at radius 1 is 1.00 bits per heavy atom. The first-order valence-electron chi connectivity index (χ1n) is 14.0. The smallest absolute Gasteiger partial charge is 0.253 e. The van der Waals surface area contributed by atoms with E-state index in [1.807, 2.05) is 35.2 Å². The maximum Gasteiger partial charge on any atom is 0.253 e. The number of nitrogens with zero attached hydrogens (tertiary/aromatic N) is 5. The predicted octanol–water partition coefficient (Wildman–Crippen LogP) is 6.68. The average molecular weight is 589 g/mol. The number of halogens is 3. The molecular formula is C32H31ClF2N6O. The molecule has 216 valence electrons. The highest BCUT2D eigenvalue weighted by atomic mass is 35.5. The molecule has 0 atom stereocenters. The number of carbonyl (C=O) groups is 1. The lowest BCUT2D eigenvalue weighted by Crippen LogP contribution is -2.44. The molecule has 4 aromatic rings. The fourth-order valence-corrected chi connectivity index (χ4v) is 5.94. The molecule has 1 aromatic heterocycles. The highest BCUT2D eigenvalue weighted by Crippen LogP contribution is 2.42. The van der Waals surface area contributed by atoms with E-state index < -0.39 is 11.6 Å². The molecule has 0 spiro atoms. The predicted molar refractivity (Wildman–Crippen MR) is 162 cm³/mol. The standard InChI is InChI=1S/C32H31ClF2N6O/c1-39(2)24-12-14-40(15-13-24)31(42)20-5-3-6-23(17-20)37-32-36-19-21-11-16-41(30-26(34)7-4-8-27(30)35)28-18-22(33)9-10-25(28)29(21)38-32/h3-10,17-19,24H,11-16H2,1-2H3,(H,36,37,38). The van der Waals surface area contributed by atoms with Crippen LogP contribution < -0.4 is 10.2 Å². The molecule has 0 bridgehead atoms. The van der Waals surface area contributed by atoms with Crippen LogP contribution in [-0.4, -0.2) is 65.4 Å². The van der Waals surface area contributed by atoms with Crippen molar-refractivity contribution < 1.29 is 13.6 Å². The first kappa shape index (κ1) is 28.1. The molecule has 0 unspecified atom stereocenters. The number of rotatable bonds is 5. The minimum atomic E-state index is -0.656. The molecular weight excluding hydrogens is 558 g/mol. The Morgan fingerprint density at radius 2 is 1.74 bits per heavy atom. The first-order chi connectivity index (χ1) is 20.3. The summed E-state index contributed by atoms with van der Waals surface area (Å²) in [6, 6.07) is 16.9. The fourth-order valence-electron chi connectivity index (χ4n) is 5.77. The van der Waals surface area contributed by atoms with Gasteiger partial charge in [-0.25, -0.2) is 18.7 Å². The van der Waals surface area contributed by atoms with Gasteiger partial charge in [-0.3, -0.25) is 4.79 Å². The van der Waals surface area contributed by atoms with Crippen molar-refractivity contribution in [3.05, 3.63) is 94.6 Å². The van der Waals surface area contributed by atoms with Crippen LogP contribution >= 0.6 is 11.6 Å². The summed E-state index contributed by atoms with van der Waals surface area (Å²) in [6.07, 6.45) is 4.10. The maximum absolute atomic E-state index is 14.9. The number of fused-ring (bicyclic) bond motifs is 3. The highest BCUT2D eigenvalue weighted by molar-refractivity contribution is 6.31. The SMILES string of the molecule is CN(C)C1CCN(C(=O)c2cccc(Nc3ncc4c(n3)-c3ccc(Cl)cc3N(c3c(F)cccc3F)CC4)c2)CC1. The molecule has 2 aliphatic heterocycles. The van der Waals surface area contributed by atoms with Gasteiger partial charge in [0.1, 0.15) is 17.3 Å². The largest absolute Gasteiger partial charge is 0.339 e. The average Bonchev–Trinajstić information content (AvgIpc) is 3.13. The van der Waals surface area contributed by atoms with Gasteiger partial charge in [0.15, 0.2) is 0 Å².